The largest absolute Gasteiger partial charge is 0.416 e. The highest BCUT2D eigenvalue weighted by atomic mass is 32.2. The van der Waals surface area contributed by atoms with Crippen LogP contribution >= 0.6 is 0 Å². The molecule has 0 aliphatic carbocycles. The number of nitrogens with zero attached hydrogens (tertiary/aromatic N) is 1. The lowest BCUT2D eigenvalue weighted by molar-refractivity contribution is -0.137. The Labute approximate surface area is 167 Å². The number of carbonyl (C=O) groups is 1. The van der Waals surface area contributed by atoms with Gasteiger partial charge < -0.3 is 4.90 Å². The van der Waals surface area contributed by atoms with Gasteiger partial charge in [-0.2, -0.15) is 13.2 Å². The van der Waals surface area contributed by atoms with Crippen LogP contribution in [0.3, 0.4) is 0 Å². The molecule has 0 radical (unpaired) electrons. The fourth-order valence-electron chi connectivity index (χ4n) is 3.25. The third-order valence-corrected chi connectivity index (χ3v) is 6.13. The van der Waals surface area contributed by atoms with Crippen LogP contribution in [0.15, 0.2) is 53.4 Å². The molecule has 1 aliphatic rings. The van der Waals surface area contributed by atoms with Crippen LogP contribution in [-0.2, 0) is 16.2 Å². The molecule has 2 aromatic carbocycles. The molecule has 1 aliphatic heterocycles. The number of benzene rings is 2. The molecule has 9 heteroatoms. The molecular weight excluding hydrogens is 405 g/mol. The summed E-state index contributed by atoms with van der Waals surface area (Å²) >= 11 is 0. The molecule has 0 spiro atoms. The van der Waals surface area contributed by atoms with Crippen LogP contribution in [-0.4, -0.2) is 32.3 Å². The Morgan fingerprint density at radius 1 is 0.931 bits per heavy atom. The number of sulfonamides is 1. The number of hydrogen-bond acceptors (Lipinski definition) is 3. The van der Waals surface area contributed by atoms with Crippen LogP contribution < -0.4 is 4.72 Å². The third-order valence-electron chi connectivity index (χ3n) is 4.77. The summed E-state index contributed by atoms with van der Waals surface area (Å²) in [6.45, 7) is 1.18. The number of nitrogens with one attached hydrogen (secondary N) is 1. The highest BCUT2D eigenvalue weighted by molar-refractivity contribution is 7.92. The molecule has 156 valence electrons. The molecule has 5 nitrogen and oxygen atoms in total. The van der Waals surface area contributed by atoms with E-state index < -0.39 is 26.7 Å². The molecule has 1 N–H and O–H groups in total. The second-order valence-electron chi connectivity index (χ2n) is 6.88. The van der Waals surface area contributed by atoms with E-state index in [1.54, 1.807) is 17.0 Å². The first-order chi connectivity index (χ1) is 13.7. The lowest BCUT2D eigenvalue weighted by Crippen LogP contribution is -2.32. The van der Waals surface area contributed by atoms with Crippen molar-refractivity contribution in [2.45, 2.75) is 36.8 Å². The van der Waals surface area contributed by atoms with Gasteiger partial charge in [0.1, 0.15) is 0 Å². The number of alkyl halides is 3. The topological polar surface area (TPSA) is 66.5 Å². The number of halogens is 3. The molecule has 1 heterocycles. The van der Waals surface area contributed by atoms with Crippen molar-refractivity contribution >= 4 is 21.6 Å². The monoisotopic (exact) mass is 426 g/mol. The van der Waals surface area contributed by atoms with E-state index in [1.807, 2.05) is 0 Å². The van der Waals surface area contributed by atoms with Crippen molar-refractivity contribution in [2.24, 2.45) is 0 Å². The lowest BCUT2D eigenvalue weighted by Gasteiger charge is -2.22. The highest BCUT2D eigenvalue weighted by Gasteiger charge is 2.32. The third kappa shape index (κ3) is 5.09. The zero-order chi connectivity index (χ0) is 21.1. The first-order valence-electron chi connectivity index (χ1n) is 9.27. The van der Waals surface area contributed by atoms with Crippen LogP contribution in [0.4, 0.5) is 18.9 Å². The number of amides is 1. The molecule has 2 aromatic rings. The number of likely N-dealkylation sites (tertiary alicyclic amines) is 1. The second kappa shape index (κ2) is 8.44. The molecule has 29 heavy (non-hydrogen) atoms. The van der Waals surface area contributed by atoms with Crippen LogP contribution in [0.2, 0.25) is 0 Å². The van der Waals surface area contributed by atoms with Crippen molar-refractivity contribution in [3.8, 4) is 0 Å². The minimum Gasteiger partial charge on any atom is -0.339 e. The average molecular weight is 426 g/mol. The van der Waals surface area contributed by atoms with Gasteiger partial charge in [0, 0.05) is 13.1 Å². The summed E-state index contributed by atoms with van der Waals surface area (Å²) in [6.07, 6.45) is -0.832. The predicted octanol–water partition coefficient (Wildman–Crippen LogP) is 4.52. The zero-order valence-electron chi connectivity index (χ0n) is 15.6. The Bertz CT molecular complexity index is 982. The first kappa shape index (κ1) is 21.2. The van der Waals surface area contributed by atoms with Gasteiger partial charge >= 0.3 is 6.18 Å². The second-order valence-corrected chi connectivity index (χ2v) is 8.57. The number of hydrogen-bond donors (Lipinski definition) is 1. The molecule has 1 saturated heterocycles. The number of para-hydroxylation sites is 1. The normalized spacial score (nSPS) is 15.6. The molecule has 1 fully saturated rings. The molecule has 1 amide bonds. The van der Waals surface area contributed by atoms with Gasteiger partial charge in [0.15, 0.2) is 0 Å². The van der Waals surface area contributed by atoms with E-state index in [-0.39, 0.29) is 17.2 Å². The molecular formula is C20H21F3N2O3S. The number of carbonyl (C=O) groups excluding carboxylic acids is 1. The molecule has 3 rings (SSSR count). The minimum atomic E-state index is -4.66. The van der Waals surface area contributed by atoms with Crippen LogP contribution in [0.25, 0.3) is 0 Å². The van der Waals surface area contributed by atoms with Crippen molar-refractivity contribution in [1.29, 1.82) is 0 Å². The Balaban J connectivity index is 1.89. The molecule has 0 aromatic heterocycles. The molecule has 0 bridgehead atoms. The summed E-state index contributed by atoms with van der Waals surface area (Å²) in [6, 6.07) is 9.60. The van der Waals surface area contributed by atoms with Crippen LogP contribution in [0.1, 0.15) is 41.6 Å². The SMILES string of the molecule is O=C(c1ccccc1NS(=O)(=O)c1cccc(C(F)(F)F)c1)N1CCCCCC1. The maximum atomic E-state index is 12.9. The van der Waals surface area contributed by atoms with Gasteiger partial charge in [-0.25, -0.2) is 8.42 Å². The van der Waals surface area contributed by atoms with Gasteiger partial charge in [-0.05, 0) is 43.2 Å². The van der Waals surface area contributed by atoms with E-state index in [2.05, 4.69) is 4.72 Å². The van der Waals surface area contributed by atoms with Crippen LogP contribution in [0, 0.1) is 0 Å². The average Bonchev–Trinajstić information content (AvgIpc) is 2.96. The standard InChI is InChI=1S/C20H21F3N2O3S/c21-20(22,23)15-8-7-9-16(14-15)29(27,28)24-18-11-4-3-10-17(18)19(26)25-12-5-1-2-6-13-25/h3-4,7-11,14,24H,1-2,5-6,12-13H2. The minimum absolute atomic E-state index is 0.0409. The quantitative estimate of drug-likeness (QED) is 0.782. The number of rotatable bonds is 4. The maximum Gasteiger partial charge on any atom is 0.416 e. The highest BCUT2D eigenvalue weighted by Crippen LogP contribution is 2.31. The lowest BCUT2D eigenvalue weighted by atomic mass is 10.1. The summed E-state index contributed by atoms with van der Waals surface area (Å²) in [5.74, 6) is -0.297. The Morgan fingerprint density at radius 2 is 1.59 bits per heavy atom. The van der Waals surface area contributed by atoms with Crippen molar-refractivity contribution < 1.29 is 26.4 Å². The molecule has 0 unspecified atom stereocenters. The fourth-order valence-corrected chi connectivity index (χ4v) is 4.37. The number of anilines is 1. The molecule has 0 saturated carbocycles. The fraction of sp³-hybridized carbons (Fsp3) is 0.350. The summed E-state index contributed by atoms with van der Waals surface area (Å²) < 4.78 is 66.4. The van der Waals surface area contributed by atoms with Crippen molar-refractivity contribution in [3.63, 3.8) is 0 Å². The van der Waals surface area contributed by atoms with E-state index in [4.69, 9.17) is 0 Å². The summed E-state index contributed by atoms with van der Waals surface area (Å²) in [5.41, 5.74) is -0.849. The summed E-state index contributed by atoms with van der Waals surface area (Å²) in [7, 11) is -4.31. The predicted molar refractivity (Wildman–Crippen MR) is 103 cm³/mol. The van der Waals surface area contributed by atoms with E-state index in [1.165, 1.54) is 12.1 Å². The van der Waals surface area contributed by atoms with Crippen molar-refractivity contribution in [2.75, 3.05) is 17.8 Å². The van der Waals surface area contributed by atoms with Gasteiger partial charge in [0.25, 0.3) is 15.9 Å². The first-order valence-corrected chi connectivity index (χ1v) is 10.8. The van der Waals surface area contributed by atoms with Gasteiger partial charge in [-0.3, -0.25) is 9.52 Å². The van der Waals surface area contributed by atoms with E-state index in [9.17, 15) is 26.4 Å². The molecule has 0 atom stereocenters. The Morgan fingerprint density at radius 3 is 2.24 bits per heavy atom. The Hall–Kier alpha value is -2.55. The van der Waals surface area contributed by atoms with E-state index >= 15 is 0 Å². The Kier molecular flexibility index (Phi) is 6.16. The maximum absolute atomic E-state index is 12.9. The van der Waals surface area contributed by atoms with Crippen molar-refractivity contribution in [1.82, 2.24) is 4.90 Å². The van der Waals surface area contributed by atoms with Gasteiger partial charge in [0.2, 0.25) is 0 Å². The summed E-state index contributed by atoms with van der Waals surface area (Å²) in [4.78, 5) is 14.1. The van der Waals surface area contributed by atoms with Crippen molar-refractivity contribution in [3.05, 3.63) is 59.7 Å². The van der Waals surface area contributed by atoms with E-state index in [0.29, 0.717) is 19.2 Å². The van der Waals surface area contributed by atoms with Gasteiger partial charge in [-0.1, -0.05) is 31.0 Å². The van der Waals surface area contributed by atoms with Gasteiger partial charge in [-0.15, -0.1) is 0 Å². The van der Waals surface area contributed by atoms with Gasteiger partial charge in [0.05, 0.1) is 21.7 Å². The van der Waals surface area contributed by atoms with E-state index in [0.717, 1.165) is 43.9 Å². The summed E-state index contributed by atoms with van der Waals surface area (Å²) in [5, 5.41) is 0. The smallest absolute Gasteiger partial charge is 0.339 e. The van der Waals surface area contributed by atoms with Crippen LogP contribution in [0.5, 0.6) is 0 Å². The zero-order valence-corrected chi connectivity index (χ0v) is 16.4.